The number of aryl methyl sites for hydroxylation is 5. The van der Waals surface area contributed by atoms with Gasteiger partial charge < -0.3 is 9.13 Å². The molecule has 0 spiro atoms. The normalized spacial score (nSPS) is 12.4. The van der Waals surface area contributed by atoms with Crippen molar-refractivity contribution in [1.82, 2.24) is 9.13 Å². The Labute approximate surface area is 489 Å². The first kappa shape index (κ1) is 57.4. The van der Waals surface area contributed by atoms with E-state index in [-0.39, 0.29) is 55.8 Å². The third kappa shape index (κ3) is 10.2. The van der Waals surface area contributed by atoms with Gasteiger partial charge in [-0.1, -0.05) is 102 Å². The van der Waals surface area contributed by atoms with Gasteiger partial charge in [-0.05, 0) is 186 Å². The molecule has 2 heterocycles. The molecule has 4 nitrogen and oxygen atoms in total. The topological polar surface area (TPSA) is 38.0 Å². The number of benzene rings is 10. The zero-order chi connectivity index (χ0) is 62.0. The van der Waals surface area contributed by atoms with E-state index in [0.29, 0.717) is 77.5 Å². The van der Waals surface area contributed by atoms with Crippen LogP contribution >= 0.6 is 0 Å². The minimum absolute atomic E-state index is 0.0107. The van der Waals surface area contributed by atoms with E-state index in [1.165, 1.54) is 57.2 Å². The first-order valence-electron chi connectivity index (χ1n) is 27.1. The molecule has 0 aliphatic carbocycles. The van der Waals surface area contributed by atoms with Crippen molar-refractivity contribution in [3.8, 4) is 73.1 Å². The molecule has 16 heteroatoms. The van der Waals surface area contributed by atoms with Gasteiger partial charge in [0.25, 0.3) is 0 Å². The lowest BCUT2D eigenvalue weighted by Gasteiger charge is -2.22. The third-order valence-electron chi connectivity index (χ3n) is 16.1. The summed E-state index contributed by atoms with van der Waals surface area (Å²) in [6.45, 7) is 16.6. The van der Waals surface area contributed by atoms with Gasteiger partial charge in [0.05, 0.1) is 68.3 Å². The Bertz CT molecular complexity index is 4840. The van der Waals surface area contributed by atoms with Gasteiger partial charge in [0.15, 0.2) is 5.69 Å². The third-order valence-corrected chi connectivity index (χ3v) is 16.1. The van der Waals surface area contributed by atoms with Crippen LogP contribution < -0.4 is 0 Å². The van der Waals surface area contributed by atoms with Crippen LogP contribution in [0.2, 0.25) is 0 Å². The van der Waals surface area contributed by atoms with Gasteiger partial charge >= 0.3 is 24.7 Å². The number of hydrogen-bond donors (Lipinski definition) is 0. The fourth-order valence-electron chi connectivity index (χ4n) is 12.1. The summed E-state index contributed by atoms with van der Waals surface area (Å²) in [5.41, 5.74) is 2.58. The van der Waals surface area contributed by atoms with Crippen molar-refractivity contribution in [3.63, 3.8) is 0 Å². The largest absolute Gasteiger partial charge is 0.417 e. The molecular weight excluding hydrogens is 1140 g/mol. The molecule has 432 valence electrons. The number of fused-ring (bicyclic) bond motifs is 6. The molecule has 0 N–H and O–H groups in total. The summed E-state index contributed by atoms with van der Waals surface area (Å²) in [5, 5.41) is 13.4. The molecule has 0 saturated heterocycles. The zero-order valence-electron chi connectivity index (χ0n) is 46.6. The van der Waals surface area contributed by atoms with Crippen molar-refractivity contribution in [2.45, 2.75) is 59.3 Å². The Balaban J connectivity index is 1.28. The molecule has 0 atom stereocenters. The second-order valence-electron chi connectivity index (χ2n) is 21.9. The van der Waals surface area contributed by atoms with E-state index in [0.717, 1.165) is 53.1 Å². The Morgan fingerprint density at radius 1 is 0.368 bits per heavy atom. The van der Waals surface area contributed by atoms with E-state index in [4.69, 9.17) is 6.57 Å². The van der Waals surface area contributed by atoms with Crippen molar-refractivity contribution in [1.29, 1.82) is 5.26 Å². The molecule has 10 aromatic carbocycles. The maximum absolute atomic E-state index is 15.4. The molecule has 0 saturated carbocycles. The minimum Gasteiger partial charge on any atom is -0.308 e. The average Bonchev–Trinajstić information content (AvgIpc) is 1.61. The lowest BCUT2D eigenvalue weighted by molar-refractivity contribution is -0.138. The summed E-state index contributed by atoms with van der Waals surface area (Å²) in [5.74, 6) is 0. The van der Waals surface area contributed by atoms with E-state index in [2.05, 4.69) is 10.9 Å². The Morgan fingerprint density at radius 3 is 1.11 bits per heavy atom. The molecular formula is C71H44F12N4. The van der Waals surface area contributed by atoms with Gasteiger partial charge in [0.2, 0.25) is 0 Å². The highest BCUT2D eigenvalue weighted by Gasteiger charge is 2.36. The van der Waals surface area contributed by atoms with Crippen molar-refractivity contribution in [3.05, 3.63) is 243 Å². The number of nitriles is 1. The molecule has 0 aliphatic rings. The molecule has 12 aromatic rings. The van der Waals surface area contributed by atoms with Crippen LogP contribution in [0.4, 0.5) is 58.4 Å². The summed E-state index contributed by atoms with van der Waals surface area (Å²) < 4.78 is 179. The average molecular weight is 1180 g/mol. The molecule has 0 unspecified atom stereocenters. The summed E-state index contributed by atoms with van der Waals surface area (Å²) in [7, 11) is 0. The number of halogens is 12. The van der Waals surface area contributed by atoms with Crippen LogP contribution in [0.1, 0.15) is 55.6 Å². The van der Waals surface area contributed by atoms with Crippen molar-refractivity contribution in [2.75, 3.05) is 0 Å². The van der Waals surface area contributed by atoms with Crippen LogP contribution in [0.15, 0.2) is 176 Å². The second kappa shape index (κ2) is 20.6. The lowest BCUT2D eigenvalue weighted by atomic mass is 9.95. The van der Waals surface area contributed by atoms with Gasteiger partial charge in [0, 0.05) is 32.7 Å². The van der Waals surface area contributed by atoms with Gasteiger partial charge in [-0.3, -0.25) is 0 Å². The maximum Gasteiger partial charge on any atom is 0.417 e. The van der Waals surface area contributed by atoms with Crippen LogP contribution in [-0.4, -0.2) is 9.13 Å². The van der Waals surface area contributed by atoms with Gasteiger partial charge in [-0.25, -0.2) is 4.85 Å². The first-order valence-corrected chi connectivity index (χ1v) is 27.1. The standard InChI is InChI=1S/C71H44F12N4/c1-37-7-15-52(39(3)23-37)43-9-17-58-59-20-12-46(55-16-8-38(2)24-60(55)71(81,82)83)34-64(59)87(61(58)31-43)66-28-42(36-84)27-65(67(66)47-29-50(70(78,79)80)35-51(30-47)85-6)86-62-32-44(53-21-13-48(25-40(53)4)68(72,73)74)10-18-56(62)57-19-11-45(33-63(57)86)54-22-14-49(26-41(54)5)69(75,76)77/h7-35H,1-5H3. The highest BCUT2D eigenvalue weighted by molar-refractivity contribution is 6.14. The minimum atomic E-state index is -5.04. The van der Waals surface area contributed by atoms with E-state index in [1.807, 2.05) is 50.2 Å². The predicted molar refractivity (Wildman–Crippen MR) is 317 cm³/mol. The van der Waals surface area contributed by atoms with Gasteiger partial charge in [0.1, 0.15) is 0 Å². The van der Waals surface area contributed by atoms with Gasteiger partial charge in [-0.15, -0.1) is 0 Å². The van der Waals surface area contributed by atoms with Crippen LogP contribution in [-0.2, 0) is 24.7 Å². The highest BCUT2D eigenvalue weighted by atomic mass is 19.4. The molecule has 0 radical (unpaired) electrons. The van der Waals surface area contributed by atoms with E-state index < -0.39 is 52.6 Å². The SMILES string of the molecule is [C-]#[N+]c1cc(-c2c(-n3c4cc(-c5ccc(C(F)(F)F)cc5C)ccc4c4ccc(-c5ccc(C(F)(F)F)cc5C)cc43)cc(C#N)cc2-n2c3cc(-c4ccc(C)cc4C)ccc3c3ccc(-c4ccc(C)cc4C(F)(F)F)cc32)cc(C(F)(F)F)c1. The Kier molecular flexibility index (Phi) is 13.6. The Morgan fingerprint density at radius 2 is 0.747 bits per heavy atom. The summed E-state index contributed by atoms with van der Waals surface area (Å²) in [6, 6.07) is 44.9. The van der Waals surface area contributed by atoms with Crippen LogP contribution in [0.3, 0.4) is 0 Å². The summed E-state index contributed by atoms with van der Waals surface area (Å²) >= 11 is 0. The number of hydrogen-bond acceptors (Lipinski definition) is 1. The second-order valence-corrected chi connectivity index (χ2v) is 21.9. The summed E-state index contributed by atoms with van der Waals surface area (Å²) in [4.78, 5) is 3.49. The Hall–Kier alpha value is -10.1. The maximum atomic E-state index is 15.4. The van der Waals surface area contributed by atoms with E-state index in [1.54, 1.807) is 69.8 Å². The monoisotopic (exact) mass is 1180 g/mol. The van der Waals surface area contributed by atoms with E-state index in [9.17, 15) is 31.6 Å². The predicted octanol–water partition coefficient (Wildman–Crippen LogP) is 22.3. The van der Waals surface area contributed by atoms with E-state index >= 15 is 26.3 Å². The van der Waals surface area contributed by atoms with Crippen molar-refractivity contribution in [2.24, 2.45) is 0 Å². The molecule has 87 heavy (non-hydrogen) atoms. The van der Waals surface area contributed by atoms with Crippen molar-refractivity contribution >= 4 is 49.3 Å². The van der Waals surface area contributed by atoms with Gasteiger partial charge in [-0.2, -0.15) is 57.9 Å². The number of nitrogens with zero attached hydrogens (tertiary/aromatic N) is 4. The molecule has 12 rings (SSSR count). The first-order chi connectivity index (χ1) is 41.1. The van der Waals surface area contributed by atoms with Crippen molar-refractivity contribution < 1.29 is 52.7 Å². The number of rotatable bonds is 7. The summed E-state index contributed by atoms with van der Waals surface area (Å²) in [6.07, 6.45) is -19.2. The fraction of sp³-hybridized carbons (Fsp3) is 0.127. The van der Waals surface area contributed by atoms with Crippen LogP contribution in [0.25, 0.3) is 115 Å². The zero-order valence-corrected chi connectivity index (χ0v) is 46.6. The van der Waals surface area contributed by atoms with Crippen LogP contribution in [0.5, 0.6) is 0 Å². The lowest BCUT2D eigenvalue weighted by Crippen LogP contribution is -2.08. The molecule has 0 bridgehead atoms. The molecule has 0 aliphatic heterocycles. The quantitative estimate of drug-likeness (QED) is 0.116. The molecule has 2 aromatic heterocycles. The fourth-order valence-corrected chi connectivity index (χ4v) is 12.1. The number of aromatic nitrogens is 2. The molecule has 0 fully saturated rings. The highest BCUT2D eigenvalue weighted by Crippen LogP contribution is 2.49. The number of alkyl halides is 12. The molecule has 0 amide bonds. The smallest absolute Gasteiger partial charge is 0.308 e. The van der Waals surface area contributed by atoms with Crippen LogP contribution in [0, 0.1) is 52.5 Å².